The highest BCUT2D eigenvalue weighted by Crippen LogP contribution is 2.33. The molecule has 3 saturated heterocycles. The fraction of sp³-hybridized carbons (Fsp3) is 0.929. The second kappa shape index (κ2) is 52.5. The number of aliphatic hydroxyl groups is 11. The number of carbonyl (C=O) groups is 1. The van der Waals surface area contributed by atoms with Crippen LogP contribution in [-0.4, -0.2) is 193 Å². The monoisotopic (exact) mass is 1270 g/mol. The molecule has 3 heterocycles. The van der Waals surface area contributed by atoms with Crippen molar-refractivity contribution in [3.63, 3.8) is 0 Å². The quantitative estimate of drug-likeness (QED) is 0.0199. The highest BCUT2D eigenvalue weighted by atomic mass is 16.8. The van der Waals surface area contributed by atoms with Crippen LogP contribution in [0.25, 0.3) is 0 Å². The second-order valence-corrected chi connectivity index (χ2v) is 26.1. The van der Waals surface area contributed by atoms with Crippen LogP contribution in [0.1, 0.15) is 284 Å². The molecule has 89 heavy (non-hydrogen) atoms. The number of hydrogen-bond donors (Lipinski definition) is 12. The highest BCUT2D eigenvalue weighted by Gasteiger charge is 2.53. The molecule has 17 atom stereocenters. The molecule has 0 saturated carbocycles. The number of unbranched alkanes of at least 4 members (excludes halogenated alkanes) is 38. The lowest BCUT2D eigenvalue weighted by molar-refractivity contribution is -0.379. The zero-order valence-electron chi connectivity index (χ0n) is 55.4. The van der Waals surface area contributed by atoms with E-state index >= 15 is 0 Å². The van der Waals surface area contributed by atoms with Crippen LogP contribution in [0.5, 0.6) is 0 Å². The molecule has 0 aromatic carbocycles. The zero-order chi connectivity index (χ0) is 64.7. The minimum Gasteiger partial charge on any atom is -0.394 e. The second-order valence-electron chi connectivity index (χ2n) is 26.1. The molecule has 0 bridgehead atoms. The number of nitrogens with one attached hydrogen (secondary N) is 1. The molecule has 3 fully saturated rings. The van der Waals surface area contributed by atoms with Crippen LogP contribution in [0.4, 0.5) is 0 Å². The van der Waals surface area contributed by atoms with E-state index in [0.29, 0.717) is 12.8 Å². The molecule has 0 radical (unpaired) electrons. The number of amides is 1. The van der Waals surface area contributed by atoms with E-state index in [4.69, 9.17) is 28.4 Å². The average Bonchev–Trinajstić information content (AvgIpc) is 2.15. The third kappa shape index (κ3) is 34.5. The van der Waals surface area contributed by atoms with Crippen molar-refractivity contribution < 1.29 is 89.4 Å². The van der Waals surface area contributed by atoms with Crippen LogP contribution in [0.3, 0.4) is 0 Å². The average molecular weight is 1270 g/mol. The van der Waals surface area contributed by atoms with E-state index in [1.165, 1.54) is 212 Å². The number of ether oxygens (including phenoxy) is 6. The molecule has 19 heteroatoms. The molecular weight excluding hydrogens is 1140 g/mol. The standard InChI is InChI=1S/C70H131NO18/c1-3-5-7-9-11-13-15-17-19-20-21-22-23-24-25-26-27-28-29-30-31-32-33-34-36-38-40-42-44-46-48-58(76)71-53(54(75)47-45-43-41-39-37-35-18-16-14-12-10-8-6-4-2)52-84-68-64(82)61(79)66(56(50-73)86-68)89-70-65(83)62(80)67(57(51-74)87-70)88-69-63(81)60(78)59(77)55(49-72)85-69/h37,39,45,47,53-57,59-70,72-75,77-83H,3-36,38,40-44,46,48-52H2,1-2H3,(H,71,76)/b39-37+,47-45+. The molecule has 0 aromatic heterocycles. The summed E-state index contributed by atoms with van der Waals surface area (Å²) in [5.74, 6) is -0.280. The molecule has 0 aromatic rings. The van der Waals surface area contributed by atoms with Gasteiger partial charge in [-0.15, -0.1) is 0 Å². The van der Waals surface area contributed by atoms with Gasteiger partial charge < -0.3 is 89.9 Å². The number of rotatable bonds is 56. The Morgan fingerprint density at radius 2 is 0.719 bits per heavy atom. The Kier molecular flexibility index (Phi) is 48.1. The first-order chi connectivity index (χ1) is 43.3. The maximum absolute atomic E-state index is 13.4. The molecule has 19 nitrogen and oxygen atoms in total. The number of aliphatic hydroxyl groups excluding tert-OH is 11. The van der Waals surface area contributed by atoms with Gasteiger partial charge >= 0.3 is 0 Å². The van der Waals surface area contributed by atoms with Crippen molar-refractivity contribution in [2.24, 2.45) is 0 Å². The van der Waals surface area contributed by atoms with Crippen LogP contribution in [0.2, 0.25) is 0 Å². The SMILES string of the molecule is CCCCCCCCCC/C=C/CC/C=C/C(O)C(COC1OC(CO)C(OC2OC(CO)C(OC3OC(CO)C(O)C(O)C3O)C(O)C2O)C(O)C1O)NC(=O)CCCCCCCCCCCCCCCCCCCCCCCCCCCCCCCC. The number of carbonyl (C=O) groups excluding carboxylic acids is 1. The van der Waals surface area contributed by atoms with Crippen molar-refractivity contribution in [2.75, 3.05) is 26.4 Å². The predicted octanol–water partition coefficient (Wildman–Crippen LogP) is 9.83. The van der Waals surface area contributed by atoms with Gasteiger partial charge in [-0.3, -0.25) is 4.79 Å². The van der Waals surface area contributed by atoms with E-state index in [0.717, 1.165) is 38.5 Å². The molecule has 524 valence electrons. The van der Waals surface area contributed by atoms with Gasteiger partial charge in [0.05, 0.1) is 38.6 Å². The van der Waals surface area contributed by atoms with Crippen molar-refractivity contribution in [2.45, 2.75) is 388 Å². The molecule has 3 aliphatic rings. The first-order valence-electron chi connectivity index (χ1n) is 36.1. The van der Waals surface area contributed by atoms with Gasteiger partial charge in [0, 0.05) is 6.42 Å². The van der Waals surface area contributed by atoms with Crippen molar-refractivity contribution in [1.29, 1.82) is 0 Å². The molecule has 0 spiro atoms. The van der Waals surface area contributed by atoms with E-state index < -0.39 is 124 Å². The van der Waals surface area contributed by atoms with Gasteiger partial charge in [-0.1, -0.05) is 269 Å². The van der Waals surface area contributed by atoms with E-state index in [2.05, 4.69) is 31.3 Å². The third-order valence-electron chi connectivity index (χ3n) is 18.3. The Bertz CT molecular complexity index is 1710. The summed E-state index contributed by atoms with van der Waals surface area (Å²) in [5, 5.41) is 120. The van der Waals surface area contributed by atoms with Crippen LogP contribution in [-0.2, 0) is 33.2 Å². The maximum atomic E-state index is 13.4. The summed E-state index contributed by atoms with van der Waals surface area (Å²) in [6.07, 6.45) is 33.3. The minimum absolute atomic E-state index is 0.241. The van der Waals surface area contributed by atoms with Crippen LogP contribution in [0, 0.1) is 0 Å². The van der Waals surface area contributed by atoms with Crippen LogP contribution >= 0.6 is 0 Å². The van der Waals surface area contributed by atoms with Crippen molar-refractivity contribution in [3.05, 3.63) is 24.3 Å². The van der Waals surface area contributed by atoms with Crippen molar-refractivity contribution >= 4 is 5.91 Å². The lowest BCUT2D eigenvalue weighted by Gasteiger charge is -2.48. The molecule has 17 unspecified atom stereocenters. The summed E-state index contributed by atoms with van der Waals surface area (Å²) < 4.78 is 34.3. The first kappa shape index (κ1) is 81.5. The molecule has 3 aliphatic heterocycles. The summed E-state index contributed by atoms with van der Waals surface area (Å²) >= 11 is 0. The minimum atomic E-state index is -1.98. The Balaban J connectivity index is 1.37. The van der Waals surface area contributed by atoms with E-state index in [1.54, 1.807) is 6.08 Å². The lowest BCUT2D eigenvalue weighted by atomic mass is 9.96. The zero-order valence-corrected chi connectivity index (χ0v) is 55.4. The topological polar surface area (TPSA) is 307 Å². The number of hydrogen-bond acceptors (Lipinski definition) is 18. The Morgan fingerprint density at radius 1 is 0.393 bits per heavy atom. The van der Waals surface area contributed by atoms with Gasteiger partial charge in [0.1, 0.15) is 73.2 Å². The fourth-order valence-corrected chi connectivity index (χ4v) is 12.4. The summed E-state index contributed by atoms with van der Waals surface area (Å²) in [5.41, 5.74) is 0. The summed E-state index contributed by atoms with van der Waals surface area (Å²) in [6, 6.07) is -0.986. The van der Waals surface area contributed by atoms with Gasteiger partial charge in [0.25, 0.3) is 0 Å². The fourth-order valence-electron chi connectivity index (χ4n) is 12.4. The van der Waals surface area contributed by atoms with Gasteiger partial charge in [-0.25, -0.2) is 0 Å². The molecule has 3 rings (SSSR count). The number of allylic oxidation sites excluding steroid dienone is 3. The van der Waals surface area contributed by atoms with Crippen LogP contribution in [0.15, 0.2) is 24.3 Å². The largest absolute Gasteiger partial charge is 0.394 e. The maximum Gasteiger partial charge on any atom is 0.220 e. The lowest BCUT2D eigenvalue weighted by Crippen LogP contribution is -2.66. The van der Waals surface area contributed by atoms with Crippen molar-refractivity contribution in [3.8, 4) is 0 Å². The van der Waals surface area contributed by atoms with E-state index in [9.17, 15) is 61.0 Å². The Hall–Kier alpha value is -1.73. The molecule has 0 aliphatic carbocycles. The van der Waals surface area contributed by atoms with Gasteiger partial charge in [0.2, 0.25) is 5.91 Å². The van der Waals surface area contributed by atoms with E-state index in [1.807, 2.05) is 6.08 Å². The third-order valence-corrected chi connectivity index (χ3v) is 18.3. The molecule has 12 N–H and O–H groups in total. The Morgan fingerprint density at radius 3 is 1.12 bits per heavy atom. The molecular formula is C70H131NO18. The van der Waals surface area contributed by atoms with Crippen molar-refractivity contribution in [1.82, 2.24) is 5.32 Å². The Labute approximate surface area is 537 Å². The smallest absolute Gasteiger partial charge is 0.220 e. The van der Waals surface area contributed by atoms with Gasteiger partial charge in [-0.05, 0) is 32.1 Å². The highest BCUT2D eigenvalue weighted by molar-refractivity contribution is 5.76. The van der Waals surface area contributed by atoms with Gasteiger partial charge in [-0.2, -0.15) is 0 Å². The normalized spacial score (nSPS) is 28.3. The summed E-state index contributed by atoms with van der Waals surface area (Å²) in [4.78, 5) is 13.4. The van der Waals surface area contributed by atoms with Crippen LogP contribution < -0.4 is 5.32 Å². The van der Waals surface area contributed by atoms with Gasteiger partial charge in [0.15, 0.2) is 18.9 Å². The summed E-state index contributed by atoms with van der Waals surface area (Å²) in [7, 11) is 0. The molecule has 1 amide bonds. The first-order valence-corrected chi connectivity index (χ1v) is 36.1. The van der Waals surface area contributed by atoms with E-state index in [-0.39, 0.29) is 18.9 Å². The predicted molar refractivity (Wildman–Crippen MR) is 346 cm³/mol. The summed E-state index contributed by atoms with van der Waals surface area (Å²) in [6.45, 7) is 1.73.